The number of hydrogen-bond acceptors (Lipinski definition) is 1. The molecule has 1 aromatic rings. The van der Waals surface area contributed by atoms with Gasteiger partial charge in [0.05, 0.1) is 6.10 Å². The zero-order chi connectivity index (χ0) is 10.0. The van der Waals surface area contributed by atoms with Crippen LogP contribution in [0, 0.1) is 20.8 Å². The van der Waals surface area contributed by atoms with Gasteiger partial charge in [0.2, 0.25) is 0 Å². The highest BCUT2D eigenvalue weighted by atomic mass is 16.5. The summed E-state index contributed by atoms with van der Waals surface area (Å²) in [5.74, 6) is 1.04. The number of ether oxygens (including phenoxy) is 1. The van der Waals surface area contributed by atoms with Crippen LogP contribution in [0.15, 0.2) is 12.1 Å². The number of benzene rings is 1. The molecule has 1 aromatic carbocycles. The van der Waals surface area contributed by atoms with Gasteiger partial charge in [0, 0.05) is 0 Å². The highest BCUT2D eigenvalue weighted by Crippen LogP contribution is 2.25. The molecule has 0 spiro atoms. The van der Waals surface area contributed by atoms with E-state index in [0.717, 1.165) is 5.75 Å². The van der Waals surface area contributed by atoms with Gasteiger partial charge in [-0.15, -0.1) is 0 Å². The second kappa shape index (κ2) is 3.82. The Balaban J connectivity index is 3.06. The van der Waals surface area contributed by atoms with E-state index in [0.29, 0.717) is 0 Å². The minimum absolute atomic E-state index is 0.250. The molecule has 0 saturated carbocycles. The number of rotatable bonds is 2. The van der Waals surface area contributed by atoms with Gasteiger partial charge in [-0.25, -0.2) is 0 Å². The molecular weight excluding hydrogens is 160 g/mol. The Hall–Kier alpha value is -0.980. The van der Waals surface area contributed by atoms with Crippen molar-refractivity contribution in [2.24, 2.45) is 0 Å². The van der Waals surface area contributed by atoms with Crippen molar-refractivity contribution in [3.8, 4) is 5.75 Å². The highest BCUT2D eigenvalue weighted by Gasteiger charge is 2.05. The van der Waals surface area contributed by atoms with Crippen LogP contribution >= 0.6 is 0 Å². The third kappa shape index (κ3) is 2.48. The van der Waals surface area contributed by atoms with E-state index in [2.05, 4.69) is 46.8 Å². The number of aryl methyl sites for hydroxylation is 3. The Kier molecular flexibility index (Phi) is 2.97. The zero-order valence-electron chi connectivity index (χ0n) is 9.14. The Morgan fingerprint density at radius 3 is 1.85 bits per heavy atom. The van der Waals surface area contributed by atoms with Crippen LogP contribution in [-0.2, 0) is 0 Å². The summed E-state index contributed by atoms with van der Waals surface area (Å²) >= 11 is 0. The largest absolute Gasteiger partial charge is 0.490 e. The molecule has 0 bridgehead atoms. The summed E-state index contributed by atoms with van der Waals surface area (Å²) in [6, 6.07) is 4.31. The quantitative estimate of drug-likeness (QED) is 0.674. The van der Waals surface area contributed by atoms with E-state index in [1.165, 1.54) is 16.7 Å². The van der Waals surface area contributed by atoms with Gasteiger partial charge in [0.15, 0.2) is 0 Å². The van der Waals surface area contributed by atoms with Crippen molar-refractivity contribution in [1.82, 2.24) is 0 Å². The Morgan fingerprint density at radius 1 is 1.00 bits per heavy atom. The van der Waals surface area contributed by atoms with Crippen molar-refractivity contribution < 1.29 is 4.74 Å². The molecule has 0 fully saturated rings. The molecule has 0 saturated heterocycles. The van der Waals surface area contributed by atoms with Crippen molar-refractivity contribution in [3.05, 3.63) is 28.8 Å². The molecule has 0 unspecified atom stereocenters. The Morgan fingerprint density at radius 2 is 1.46 bits per heavy atom. The molecular formula is C12H18O. The van der Waals surface area contributed by atoms with E-state index >= 15 is 0 Å². The summed E-state index contributed by atoms with van der Waals surface area (Å²) in [5.41, 5.74) is 3.75. The maximum Gasteiger partial charge on any atom is 0.125 e. The van der Waals surface area contributed by atoms with Crippen molar-refractivity contribution in [2.75, 3.05) is 0 Å². The van der Waals surface area contributed by atoms with E-state index in [4.69, 9.17) is 4.74 Å². The Bertz CT molecular complexity index is 277. The molecule has 0 amide bonds. The molecule has 72 valence electrons. The first kappa shape index (κ1) is 10.1. The standard InChI is InChI=1S/C12H18O/c1-8(2)13-12-10(4)6-9(3)7-11(12)5/h6-8H,1-5H3. The smallest absolute Gasteiger partial charge is 0.125 e. The van der Waals surface area contributed by atoms with Gasteiger partial charge in [0.1, 0.15) is 5.75 Å². The molecule has 0 atom stereocenters. The maximum absolute atomic E-state index is 5.73. The molecule has 0 aliphatic rings. The monoisotopic (exact) mass is 178 g/mol. The average molecular weight is 178 g/mol. The maximum atomic E-state index is 5.73. The van der Waals surface area contributed by atoms with Crippen LogP contribution in [0.25, 0.3) is 0 Å². The fourth-order valence-electron chi connectivity index (χ4n) is 1.59. The first-order chi connectivity index (χ1) is 6.00. The highest BCUT2D eigenvalue weighted by molar-refractivity contribution is 5.42. The molecule has 13 heavy (non-hydrogen) atoms. The fraction of sp³-hybridized carbons (Fsp3) is 0.500. The van der Waals surface area contributed by atoms with Crippen molar-refractivity contribution >= 4 is 0 Å². The molecule has 0 radical (unpaired) electrons. The summed E-state index contributed by atoms with van der Waals surface area (Å²) in [5, 5.41) is 0. The van der Waals surface area contributed by atoms with Crippen molar-refractivity contribution in [3.63, 3.8) is 0 Å². The van der Waals surface area contributed by atoms with E-state index in [1.807, 2.05) is 0 Å². The van der Waals surface area contributed by atoms with Gasteiger partial charge in [-0.2, -0.15) is 0 Å². The van der Waals surface area contributed by atoms with Gasteiger partial charge < -0.3 is 4.74 Å². The van der Waals surface area contributed by atoms with Crippen molar-refractivity contribution in [2.45, 2.75) is 40.7 Å². The third-order valence-electron chi connectivity index (χ3n) is 1.96. The second-order valence-electron chi connectivity index (χ2n) is 3.89. The molecule has 1 heteroatoms. The molecule has 1 nitrogen and oxygen atoms in total. The number of hydrogen-bond donors (Lipinski definition) is 0. The first-order valence-corrected chi connectivity index (χ1v) is 4.75. The lowest BCUT2D eigenvalue weighted by Gasteiger charge is -2.15. The fourth-order valence-corrected chi connectivity index (χ4v) is 1.59. The second-order valence-corrected chi connectivity index (χ2v) is 3.89. The summed E-state index contributed by atoms with van der Waals surface area (Å²) < 4.78 is 5.73. The molecule has 0 aliphatic carbocycles. The van der Waals surface area contributed by atoms with Gasteiger partial charge in [-0.3, -0.25) is 0 Å². The summed E-state index contributed by atoms with van der Waals surface area (Å²) in [4.78, 5) is 0. The summed E-state index contributed by atoms with van der Waals surface area (Å²) in [7, 11) is 0. The predicted molar refractivity (Wildman–Crippen MR) is 56.4 cm³/mol. The molecule has 0 N–H and O–H groups in total. The molecule has 1 rings (SSSR count). The van der Waals surface area contributed by atoms with Gasteiger partial charge in [-0.1, -0.05) is 17.7 Å². The van der Waals surface area contributed by atoms with E-state index in [-0.39, 0.29) is 6.10 Å². The van der Waals surface area contributed by atoms with Crippen LogP contribution in [0.1, 0.15) is 30.5 Å². The molecule has 0 heterocycles. The lowest BCUT2D eigenvalue weighted by atomic mass is 10.1. The van der Waals surface area contributed by atoms with Crippen LogP contribution in [0.4, 0.5) is 0 Å². The normalized spacial score (nSPS) is 10.6. The predicted octanol–water partition coefficient (Wildman–Crippen LogP) is 3.40. The van der Waals surface area contributed by atoms with Crippen molar-refractivity contribution in [1.29, 1.82) is 0 Å². The average Bonchev–Trinajstić information content (AvgIpc) is 1.96. The zero-order valence-corrected chi connectivity index (χ0v) is 9.14. The summed E-state index contributed by atoms with van der Waals surface area (Å²) in [6.07, 6.45) is 0.250. The summed E-state index contributed by atoms with van der Waals surface area (Å²) in [6.45, 7) is 10.4. The van der Waals surface area contributed by atoms with E-state index < -0.39 is 0 Å². The van der Waals surface area contributed by atoms with Crippen LogP contribution in [0.3, 0.4) is 0 Å². The molecule has 0 aliphatic heterocycles. The van der Waals surface area contributed by atoms with Crippen LogP contribution in [0.2, 0.25) is 0 Å². The lowest BCUT2D eigenvalue weighted by molar-refractivity contribution is 0.239. The topological polar surface area (TPSA) is 9.23 Å². The van der Waals surface area contributed by atoms with E-state index in [9.17, 15) is 0 Å². The van der Waals surface area contributed by atoms with Gasteiger partial charge in [-0.05, 0) is 45.7 Å². The Labute approximate surface area is 80.7 Å². The van der Waals surface area contributed by atoms with Gasteiger partial charge in [0.25, 0.3) is 0 Å². The first-order valence-electron chi connectivity index (χ1n) is 4.75. The van der Waals surface area contributed by atoms with E-state index in [1.54, 1.807) is 0 Å². The van der Waals surface area contributed by atoms with Crippen LogP contribution in [-0.4, -0.2) is 6.10 Å². The minimum atomic E-state index is 0.250. The molecule has 0 aromatic heterocycles. The van der Waals surface area contributed by atoms with Gasteiger partial charge >= 0.3 is 0 Å². The van der Waals surface area contributed by atoms with Crippen LogP contribution < -0.4 is 4.74 Å². The van der Waals surface area contributed by atoms with Crippen LogP contribution in [0.5, 0.6) is 5.75 Å². The minimum Gasteiger partial charge on any atom is -0.490 e. The third-order valence-corrected chi connectivity index (χ3v) is 1.96. The lowest BCUT2D eigenvalue weighted by Crippen LogP contribution is -2.08. The SMILES string of the molecule is Cc1cc(C)c(OC(C)C)c(C)c1.